The molecule has 0 aromatic heterocycles. The SMILES string of the molecule is CCOC(=O)/C(C)=C/C[C@H](O)[C@H](C)C[C@H](C)C[C@H](C)COCc1ccccc1. The first kappa shape index (κ1) is 24.4. The van der Waals surface area contributed by atoms with E-state index in [1.165, 1.54) is 5.56 Å². The van der Waals surface area contributed by atoms with E-state index in [1.54, 1.807) is 19.9 Å². The van der Waals surface area contributed by atoms with Gasteiger partial charge in [0.25, 0.3) is 0 Å². The summed E-state index contributed by atoms with van der Waals surface area (Å²) in [4.78, 5) is 11.6. The number of aliphatic hydroxyl groups excluding tert-OH is 1. The Bertz CT molecular complexity index is 582. The molecule has 0 unspecified atom stereocenters. The smallest absolute Gasteiger partial charge is 0.333 e. The van der Waals surface area contributed by atoms with E-state index in [2.05, 4.69) is 32.9 Å². The third kappa shape index (κ3) is 10.0. The Kier molecular flexibility index (Phi) is 11.8. The monoisotopic (exact) mass is 390 g/mol. The van der Waals surface area contributed by atoms with E-state index >= 15 is 0 Å². The molecule has 0 aliphatic rings. The Morgan fingerprint density at radius 3 is 2.43 bits per heavy atom. The van der Waals surface area contributed by atoms with Crippen molar-refractivity contribution in [2.75, 3.05) is 13.2 Å². The van der Waals surface area contributed by atoms with Crippen molar-refractivity contribution >= 4 is 5.97 Å². The second kappa shape index (κ2) is 13.5. The molecule has 0 aliphatic heterocycles. The number of hydrogen-bond donors (Lipinski definition) is 1. The van der Waals surface area contributed by atoms with Crippen LogP contribution in [0.2, 0.25) is 0 Å². The highest BCUT2D eigenvalue weighted by molar-refractivity contribution is 5.87. The number of ether oxygens (including phenoxy) is 2. The molecule has 0 amide bonds. The van der Waals surface area contributed by atoms with E-state index in [1.807, 2.05) is 18.2 Å². The van der Waals surface area contributed by atoms with Gasteiger partial charge in [-0.05, 0) is 56.4 Å². The van der Waals surface area contributed by atoms with Crippen LogP contribution in [0.5, 0.6) is 0 Å². The first-order chi connectivity index (χ1) is 13.3. The maximum absolute atomic E-state index is 11.6. The summed E-state index contributed by atoms with van der Waals surface area (Å²) in [5.74, 6) is 0.864. The minimum atomic E-state index is -0.448. The van der Waals surface area contributed by atoms with Crippen LogP contribution in [0.1, 0.15) is 59.4 Å². The minimum Gasteiger partial charge on any atom is -0.463 e. The fourth-order valence-electron chi connectivity index (χ4n) is 3.45. The number of benzene rings is 1. The molecule has 1 aromatic rings. The fraction of sp³-hybridized carbons (Fsp3) is 0.625. The van der Waals surface area contributed by atoms with E-state index < -0.39 is 6.10 Å². The molecule has 4 atom stereocenters. The molecule has 4 nitrogen and oxygen atoms in total. The van der Waals surface area contributed by atoms with Crippen molar-refractivity contribution in [1.29, 1.82) is 0 Å². The van der Waals surface area contributed by atoms with Crippen LogP contribution in [-0.4, -0.2) is 30.4 Å². The van der Waals surface area contributed by atoms with Crippen molar-refractivity contribution < 1.29 is 19.4 Å². The van der Waals surface area contributed by atoms with Crippen molar-refractivity contribution in [3.63, 3.8) is 0 Å². The molecular formula is C24H38O4. The summed E-state index contributed by atoms with van der Waals surface area (Å²) < 4.78 is 10.8. The Morgan fingerprint density at radius 2 is 1.79 bits per heavy atom. The molecule has 1 N–H and O–H groups in total. The topological polar surface area (TPSA) is 55.8 Å². The van der Waals surface area contributed by atoms with Crippen molar-refractivity contribution in [3.05, 3.63) is 47.5 Å². The molecule has 0 fully saturated rings. The highest BCUT2D eigenvalue weighted by Gasteiger charge is 2.18. The number of aliphatic hydroxyl groups is 1. The van der Waals surface area contributed by atoms with Gasteiger partial charge >= 0.3 is 5.97 Å². The number of esters is 1. The molecule has 0 saturated heterocycles. The number of carbonyl (C=O) groups excluding carboxylic acids is 1. The van der Waals surface area contributed by atoms with Crippen LogP contribution in [0.15, 0.2) is 42.0 Å². The van der Waals surface area contributed by atoms with E-state index in [9.17, 15) is 9.90 Å². The average molecular weight is 391 g/mol. The number of carbonyl (C=O) groups is 1. The van der Waals surface area contributed by atoms with Gasteiger partial charge in [-0.3, -0.25) is 0 Å². The van der Waals surface area contributed by atoms with Gasteiger partial charge in [-0.2, -0.15) is 0 Å². The Labute approximate surface area is 170 Å². The highest BCUT2D eigenvalue weighted by atomic mass is 16.5. The largest absolute Gasteiger partial charge is 0.463 e. The van der Waals surface area contributed by atoms with Gasteiger partial charge in [0.2, 0.25) is 0 Å². The second-order valence-electron chi connectivity index (χ2n) is 8.07. The Balaban J connectivity index is 2.29. The summed E-state index contributed by atoms with van der Waals surface area (Å²) in [5.41, 5.74) is 1.76. The van der Waals surface area contributed by atoms with Crippen LogP contribution in [0.4, 0.5) is 0 Å². The predicted molar refractivity (Wildman–Crippen MR) is 114 cm³/mol. The standard InChI is InChI=1S/C24H38O4/c1-6-28-24(26)20(4)12-13-23(25)21(5)15-18(2)14-19(3)16-27-17-22-10-8-7-9-11-22/h7-12,18-19,21,23,25H,6,13-17H2,1-5H3/b20-12+/t18-,19+,21-,23+/m1/s1. The molecule has 0 saturated carbocycles. The fourth-order valence-corrected chi connectivity index (χ4v) is 3.45. The van der Waals surface area contributed by atoms with Crippen LogP contribution < -0.4 is 0 Å². The lowest BCUT2D eigenvalue weighted by Gasteiger charge is -2.23. The number of hydrogen-bond acceptors (Lipinski definition) is 4. The van der Waals surface area contributed by atoms with Gasteiger partial charge in [-0.15, -0.1) is 0 Å². The van der Waals surface area contributed by atoms with Crippen molar-refractivity contribution in [3.8, 4) is 0 Å². The zero-order chi connectivity index (χ0) is 20.9. The molecule has 1 rings (SSSR count). The summed E-state index contributed by atoms with van der Waals surface area (Å²) in [5, 5.41) is 10.4. The summed E-state index contributed by atoms with van der Waals surface area (Å²) >= 11 is 0. The first-order valence-corrected chi connectivity index (χ1v) is 10.5. The van der Waals surface area contributed by atoms with E-state index in [4.69, 9.17) is 9.47 Å². The molecule has 0 aliphatic carbocycles. The summed E-state index contributed by atoms with van der Waals surface area (Å²) in [6.45, 7) is 11.8. The van der Waals surface area contributed by atoms with E-state index in [0.29, 0.717) is 37.0 Å². The molecule has 0 bridgehead atoms. The molecule has 28 heavy (non-hydrogen) atoms. The maximum atomic E-state index is 11.6. The lowest BCUT2D eigenvalue weighted by Crippen LogP contribution is -2.21. The summed E-state index contributed by atoms with van der Waals surface area (Å²) in [6.07, 6.45) is 3.84. The highest BCUT2D eigenvalue weighted by Crippen LogP contribution is 2.23. The van der Waals surface area contributed by atoms with Crippen LogP contribution >= 0.6 is 0 Å². The zero-order valence-electron chi connectivity index (χ0n) is 18.2. The maximum Gasteiger partial charge on any atom is 0.333 e. The Morgan fingerprint density at radius 1 is 1.11 bits per heavy atom. The van der Waals surface area contributed by atoms with Crippen molar-refractivity contribution in [2.24, 2.45) is 17.8 Å². The lowest BCUT2D eigenvalue weighted by atomic mass is 9.86. The second-order valence-corrected chi connectivity index (χ2v) is 8.07. The van der Waals surface area contributed by atoms with Gasteiger partial charge in [-0.25, -0.2) is 4.79 Å². The van der Waals surface area contributed by atoms with Crippen LogP contribution in [0.25, 0.3) is 0 Å². The van der Waals surface area contributed by atoms with Crippen LogP contribution in [0, 0.1) is 17.8 Å². The third-order valence-corrected chi connectivity index (χ3v) is 5.01. The van der Waals surface area contributed by atoms with Gasteiger partial charge < -0.3 is 14.6 Å². The van der Waals surface area contributed by atoms with Crippen molar-refractivity contribution in [1.82, 2.24) is 0 Å². The van der Waals surface area contributed by atoms with Gasteiger partial charge in [0.05, 0.1) is 19.3 Å². The molecule has 4 heteroatoms. The normalized spacial score (nSPS) is 16.3. The molecule has 0 radical (unpaired) electrons. The number of rotatable bonds is 13. The van der Waals surface area contributed by atoms with E-state index in [0.717, 1.165) is 19.4 Å². The summed E-state index contributed by atoms with van der Waals surface area (Å²) in [7, 11) is 0. The average Bonchev–Trinajstić information content (AvgIpc) is 2.66. The quantitative estimate of drug-likeness (QED) is 0.374. The Hall–Kier alpha value is -1.65. The third-order valence-electron chi connectivity index (χ3n) is 5.01. The molecular weight excluding hydrogens is 352 g/mol. The van der Waals surface area contributed by atoms with Gasteiger partial charge in [0.15, 0.2) is 0 Å². The van der Waals surface area contributed by atoms with E-state index in [-0.39, 0.29) is 11.9 Å². The van der Waals surface area contributed by atoms with Crippen molar-refractivity contribution in [2.45, 2.75) is 66.6 Å². The molecule has 0 spiro atoms. The summed E-state index contributed by atoms with van der Waals surface area (Å²) in [6, 6.07) is 10.2. The zero-order valence-corrected chi connectivity index (χ0v) is 18.2. The van der Waals surface area contributed by atoms with Gasteiger partial charge in [0.1, 0.15) is 0 Å². The predicted octanol–water partition coefficient (Wildman–Crippen LogP) is 5.15. The van der Waals surface area contributed by atoms with Crippen LogP contribution in [0.3, 0.4) is 0 Å². The lowest BCUT2D eigenvalue weighted by molar-refractivity contribution is -0.138. The minimum absolute atomic E-state index is 0.179. The molecule has 0 heterocycles. The molecule has 1 aromatic carbocycles. The molecule has 158 valence electrons. The first-order valence-electron chi connectivity index (χ1n) is 10.5. The van der Waals surface area contributed by atoms with Crippen LogP contribution in [-0.2, 0) is 20.9 Å². The van der Waals surface area contributed by atoms with Gasteiger partial charge in [0, 0.05) is 12.2 Å². The van der Waals surface area contributed by atoms with Gasteiger partial charge in [-0.1, -0.05) is 57.2 Å².